The Labute approximate surface area is 118 Å². The maximum absolute atomic E-state index is 3.56. The molecule has 0 aromatic heterocycles. The molecule has 1 saturated heterocycles. The van der Waals surface area contributed by atoms with Crippen molar-refractivity contribution >= 4 is 0 Å². The predicted octanol–water partition coefficient (Wildman–Crippen LogP) is 2.86. The highest BCUT2D eigenvalue weighted by Crippen LogP contribution is 2.17. The van der Waals surface area contributed by atoms with Crippen molar-refractivity contribution in [3.8, 4) is 0 Å². The zero-order valence-corrected chi connectivity index (χ0v) is 12.7. The van der Waals surface area contributed by atoms with Crippen LogP contribution in [0.1, 0.15) is 31.4 Å². The van der Waals surface area contributed by atoms with Crippen LogP contribution >= 0.6 is 0 Å². The molecular weight excluding hydrogens is 232 g/mol. The SMILES string of the molecule is Cc1ccccc1CCN1CCC(CNC(C)C)C1. The van der Waals surface area contributed by atoms with Gasteiger partial charge in [0.05, 0.1) is 0 Å². The standard InChI is InChI=1S/C17H28N2/c1-14(2)18-12-16-8-10-19(13-16)11-9-17-7-5-4-6-15(17)3/h4-7,14,16,18H,8-13H2,1-3H3. The van der Waals surface area contributed by atoms with Crippen LogP contribution in [0.25, 0.3) is 0 Å². The smallest absolute Gasteiger partial charge is 0.00224 e. The molecule has 2 rings (SSSR count). The fraction of sp³-hybridized carbons (Fsp3) is 0.647. The lowest BCUT2D eigenvalue weighted by Crippen LogP contribution is -2.31. The molecular formula is C17H28N2. The topological polar surface area (TPSA) is 15.3 Å². The molecule has 0 saturated carbocycles. The summed E-state index contributed by atoms with van der Waals surface area (Å²) < 4.78 is 0. The summed E-state index contributed by atoms with van der Waals surface area (Å²) >= 11 is 0. The van der Waals surface area contributed by atoms with Gasteiger partial charge in [-0.3, -0.25) is 0 Å². The third-order valence-electron chi connectivity index (χ3n) is 4.14. The fourth-order valence-electron chi connectivity index (χ4n) is 2.85. The van der Waals surface area contributed by atoms with Gasteiger partial charge >= 0.3 is 0 Å². The summed E-state index contributed by atoms with van der Waals surface area (Å²) in [5.74, 6) is 0.847. The van der Waals surface area contributed by atoms with E-state index in [0.29, 0.717) is 6.04 Å². The van der Waals surface area contributed by atoms with Crippen molar-refractivity contribution in [1.82, 2.24) is 10.2 Å². The van der Waals surface area contributed by atoms with Crippen LogP contribution in [-0.2, 0) is 6.42 Å². The number of nitrogens with one attached hydrogen (secondary N) is 1. The number of benzene rings is 1. The van der Waals surface area contributed by atoms with E-state index < -0.39 is 0 Å². The number of likely N-dealkylation sites (tertiary alicyclic amines) is 1. The van der Waals surface area contributed by atoms with Gasteiger partial charge in [-0.1, -0.05) is 38.1 Å². The molecule has 1 atom stereocenters. The van der Waals surface area contributed by atoms with Gasteiger partial charge in [0.2, 0.25) is 0 Å². The third kappa shape index (κ3) is 4.63. The second-order valence-electron chi connectivity index (χ2n) is 6.19. The van der Waals surface area contributed by atoms with Gasteiger partial charge in [0.25, 0.3) is 0 Å². The highest BCUT2D eigenvalue weighted by molar-refractivity contribution is 5.25. The summed E-state index contributed by atoms with van der Waals surface area (Å²) in [6.07, 6.45) is 2.55. The zero-order valence-electron chi connectivity index (χ0n) is 12.7. The average molecular weight is 260 g/mol. The summed E-state index contributed by atoms with van der Waals surface area (Å²) in [6, 6.07) is 9.38. The quantitative estimate of drug-likeness (QED) is 0.846. The number of hydrogen-bond donors (Lipinski definition) is 1. The molecule has 0 spiro atoms. The van der Waals surface area contributed by atoms with Crippen molar-refractivity contribution in [2.24, 2.45) is 5.92 Å². The molecule has 1 aromatic rings. The van der Waals surface area contributed by atoms with Crippen LogP contribution in [0.5, 0.6) is 0 Å². The minimum Gasteiger partial charge on any atom is -0.314 e. The normalized spacial score (nSPS) is 20.3. The number of nitrogens with zero attached hydrogens (tertiary/aromatic N) is 1. The molecule has 1 unspecified atom stereocenters. The molecule has 106 valence electrons. The molecule has 0 radical (unpaired) electrons. The first-order valence-electron chi connectivity index (χ1n) is 7.65. The van der Waals surface area contributed by atoms with Gasteiger partial charge in [-0.05, 0) is 49.9 Å². The average Bonchev–Trinajstić information content (AvgIpc) is 2.83. The van der Waals surface area contributed by atoms with E-state index in [1.54, 1.807) is 0 Å². The van der Waals surface area contributed by atoms with E-state index in [9.17, 15) is 0 Å². The maximum Gasteiger partial charge on any atom is 0.00224 e. The van der Waals surface area contributed by atoms with Gasteiger partial charge in [0.15, 0.2) is 0 Å². The molecule has 1 heterocycles. The lowest BCUT2D eigenvalue weighted by molar-refractivity contribution is 0.324. The molecule has 0 aliphatic carbocycles. The maximum atomic E-state index is 3.56. The van der Waals surface area contributed by atoms with Crippen LogP contribution in [0.2, 0.25) is 0 Å². The van der Waals surface area contributed by atoms with Crippen LogP contribution < -0.4 is 5.32 Å². The Kier molecular flexibility index (Phi) is 5.41. The first-order chi connectivity index (χ1) is 9.15. The van der Waals surface area contributed by atoms with Crippen LogP contribution in [0.3, 0.4) is 0 Å². The fourth-order valence-corrected chi connectivity index (χ4v) is 2.85. The monoisotopic (exact) mass is 260 g/mol. The van der Waals surface area contributed by atoms with Crippen LogP contribution in [-0.4, -0.2) is 37.1 Å². The highest BCUT2D eigenvalue weighted by Gasteiger charge is 2.21. The van der Waals surface area contributed by atoms with Gasteiger partial charge in [-0.15, -0.1) is 0 Å². The van der Waals surface area contributed by atoms with E-state index in [1.807, 2.05) is 0 Å². The van der Waals surface area contributed by atoms with Crippen molar-refractivity contribution in [3.63, 3.8) is 0 Å². The molecule has 0 bridgehead atoms. The molecule has 1 aromatic carbocycles. The van der Waals surface area contributed by atoms with E-state index in [4.69, 9.17) is 0 Å². The molecule has 1 aliphatic rings. The summed E-state index contributed by atoms with van der Waals surface area (Å²) in [7, 11) is 0. The summed E-state index contributed by atoms with van der Waals surface area (Å²) in [5, 5.41) is 3.56. The van der Waals surface area contributed by atoms with Crippen LogP contribution in [0.4, 0.5) is 0 Å². The summed E-state index contributed by atoms with van der Waals surface area (Å²) in [6.45, 7) is 11.6. The lowest BCUT2D eigenvalue weighted by Gasteiger charge is -2.17. The molecule has 2 nitrogen and oxygen atoms in total. The Morgan fingerprint density at radius 3 is 2.84 bits per heavy atom. The van der Waals surface area contributed by atoms with Gasteiger partial charge in [-0.25, -0.2) is 0 Å². The second-order valence-corrected chi connectivity index (χ2v) is 6.19. The van der Waals surface area contributed by atoms with Crippen LogP contribution in [0.15, 0.2) is 24.3 Å². The van der Waals surface area contributed by atoms with E-state index in [-0.39, 0.29) is 0 Å². The second kappa shape index (κ2) is 7.06. The number of rotatable bonds is 6. The van der Waals surface area contributed by atoms with Crippen molar-refractivity contribution in [1.29, 1.82) is 0 Å². The molecule has 2 heteroatoms. The van der Waals surface area contributed by atoms with E-state index in [0.717, 1.165) is 5.92 Å². The van der Waals surface area contributed by atoms with Gasteiger partial charge in [0.1, 0.15) is 0 Å². The summed E-state index contributed by atoms with van der Waals surface area (Å²) in [5.41, 5.74) is 2.94. The van der Waals surface area contributed by atoms with Crippen molar-refractivity contribution in [2.75, 3.05) is 26.2 Å². The van der Waals surface area contributed by atoms with Crippen molar-refractivity contribution in [2.45, 2.75) is 39.7 Å². The Morgan fingerprint density at radius 2 is 2.11 bits per heavy atom. The predicted molar refractivity (Wildman–Crippen MR) is 82.6 cm³/mol. The van der Waals surface area contributed by atoms with Gasteiger partial charge in [-0.2, -0.15) is 0 Å². The minimum absolute atomic E-state index is 0.612. The van der Waals surface area contributed by atoms with Gasteiger partial charge in [0, 0.05) is 19.1 Å². The molecule has 1 N–H and O–H groups in total. The van der Waals surface area contributed by atoms with E-state index in [2.05, 4.69) is 55.3 Å². The van der Waals surface area contributed by atoms with Crippen LogP contribution in [0, 0.1) is 12.8 Å². The Morgan fingerprint density at radius 1 is 1.32 bits per heavy atom. The van der Waals surface area contributed by atoms with E-state index >= 15 is 0 Å². The van der Waals surface area contributed by atoms with Crippen molar-refractivity contribution in [3.05, 3.63) is 35.4 Å². The van der Waals surface area contributed by atoms with E-state index in [1.165, 1.54) is 50.1 Å². The number of hydrogen-bond acceptors (Lipinski definition) is 2. The lowest BCUT2D eigenvalue weighted by atomic mass is 10.1. The minimum atomic E-state index is 0.612. The van der Waals surface area contributed by atoms with Crippen molar-refractivity contribution < 1.29 is 0 Å². The highest BCUT2D eigenvalue weighted by atomic mass is 15.1. The first-order valence-corrected chi connectivity index (χ1v) is 7.65. The largest absolute Gasteiger partial charge is 0.314 e. The Balaban J connectivity index is 1.72. The summed E-state index contributed by atoms with van der Waals surface area (Å²) in [4.78, 5) is 2.62. The Bertz CT molecular complexity index is 387. The molecule has 1 aliphatic heterocycles. The molecule has 1 fully saturated rings. The first kappa shape index (κ1) is 14.5. The van der Waals surface area contributed by atoms with Gasteiger partial charge < -0.3 is 10.2 Å². The Hall–Kier alpha value is -0.860. The molecule has 19 heavy (non-hydrogen) atoms. The number of aryl methyl sites for hydroxylation is 1. The zero-order chi connectivity index (χ0) is 13.7. The third-order valence-corrected chi connectivity index (χ3v) is 4.14. The molecule has 0 amide bonds.